The van der Waals surface area contributed by atoms with Gasteiger partial charge in [0.1, 0.15) is 5.82 Å². The summed E-state index contributed by atoms with van der Waals surface area (Å²) >= 11 is 0. The summed E-state index contributed by atoms with van der Waals surface area (Å²) in [5, 5.41) is 9.20. The van der Waals surface area contributed by atoms with Crippen molar-refractivity contribution in [3.8, 4) is 0 Å². The predicted octanol–water partition coefficient (Wildman–Crippen LogP) is 3.42. The Balaban J connectivity index is 1.63. The topological polar surface area (TPSA) is 87.2 Å². The number of likely N-dealkylation sites (tertiary alicyclic amines) is 2. The lowest BCUT2D eigenvalue weighted by Gasteiger charge is -2.53. The third-order valence-corrected chi connectivity index (χ3v) is 6.17. The number of rotatable bonds is 4. The van der Waals surface area contributed by atoms with Crippen molar-refractivity contribution in [3.05, 3.63) is 71.0 Å². The van der Waals surface area contributed by atoms with Crippen LogP contribution in [0.25, 0.3) is 0 Å². The summed E-state index contributed by atoms with van der Waals surface area (Å²) in [6.45, 7) is 0.748. The molecule has 0 saturated carbocycles. The number of esters is 1. The van der Waals surface area contributed by atoms with E-state index in [0.29, 0.717) is 31.5 Å². The summed E-state index contributed by atoms with van der Waals surface area (Å²) in [7, 11) is 1.32. The van der Waals surface area contributed by atoms with Crippen LogP contribution in [-0.4, -0.2) is 59.1 Å². The second-order valence-corrected chi connectivity index (χ2v) is 7.83. The molecule has 2 saturated heterocycles. The fourth-order valence-corrected chi connectivity index (χ4v) is 4.54. The van der Waals surface area contributed by atoms with Crippen LogP contribution >= 0.6 is 0 Å². The molecule has 0 radical (unpaired) electrons. The number of halogens is 1. The second-order valence-electron chi connectivity index (χ2n) is 7.83. The van der Waals surface area contributed by atoms with E-state index in [1.165, 1.54) is 24.1 Å². The minimum Gasteiger partial charge on any atom is -0.465 e. The van der Waals surface area contributed by atoms with Crippen LogP contribution in [0.5, 0.6) is 0 Å². The number of ether oxygens (including phenoxy) is 1. The number of carbonyl (C=O) groups excluding carboxylic acids is 2. The van der Waals surface area contributed by atoms with Gasteiger partial charge in [-0.2, -0.15) is 0 Å². The number of β-lactam (4-membered cyclic amide) rings is 1. The summed E-state index contributed by atoms with van der Waals surface area (Å²) in [6, 6.07) is 12.5. The van der Waals surface area contributed by atoms with E-state index >= 15 is 0 Å². The normalized spacial score (nSPS) is 21.5. The monoisotopic (exact) mass is 426 g/mol. The van der Waals surface area contributed by atoms with E-state index in [4.69, 9.17) is 4.74 Å². The lowest BCUT2D eigenvalue weighted by molar-refractivity contribution is -0.156. The van der Waals surface area contributed by atoms with E-state index in [9.17, 15) is 23.9 Å². The van der Waals surface area contributed by atoms with Gasteiger partial charge in [0, 0.05) is 19.1 Å². The van der Waals surface area contributed by atoms with Gasteiger partial charge in [0.2, 0.25) is 5.91 Å². The lowest BCUT2D eigenvalue weighted by Crippen LogP contribution is -2.60. The number of carboxylic acid groups (broad SMARTS) is 1. The maximum absolute atomic E-state index is 13.4. The largest absolute Gasteiger partial charge is 0.465 e. The molecule has 2 aromatic carbocycles. The molecule has 2 aliphatic rings. The van der Waals surface area contributed by atoms with Crippen molar-refractivity contribution in [1.29, 1.82) is 0 Å². The van der Waals surface area contributed by atoms with Crippen molar-refractivity contribution < 1.29 is 28.6 Å². The molecule has 0 aromatic heterocycles. The molecule has 2 fully saturated rings. The highest BCUT2D eigenvalue weighted by Gasteiger charge is 2.51. The Kier molecular flexibility index (Phi) is 5.63. The first-order chi connectivity index (χ1) is 14.9. The van der Waals surface area contributed by atoms with Gasteiger partial charge < -0.3 is 19.6 Å². The zero-order valence-electron chi connectivity index (χ0n) is 17.0. The molecule has 8 heteroatoms. The summed E-state index contributed by atoms with van der Waals surface area (Å²) < 4.78 is 18.2. The molecule has 4 rings (SSSR count). The Morgan fingerprint density at radius 2 is 1.58 bits per heavy atom. The molecule has 2 atom stereocenters. The van der Waals surface area contributed by atoms with Crippen molar-refractivity contribution in [1.82, 2.24) is 9.80 Å². The minimum atomic E-state index is -0.951. The van der Waals surface area contributed by atoms with Gasteiger partial charge in [0.15, 0.2) is 0 Å². The SMILES string of the molecule is COC(=O)c1ccc([C@@H]2[C@@H](c3ccc(F)cc3)C(=O)N2C2CCN(C(=O)O)CC2)cc1. The highest BCUT2D eigenvalue weighted by molar-refractivity contribution is 5.92. The first kappa shape index (κ1) is 20.8. The summed E-state index contributed by atoms with van der Waals surface area (Å²) in [5.41, 5.74) is 2.01. The van der Waals surface area contributed by atoms with Crippen molar-refractivity contribution in [2.45, 2.75) is 30.8 Å². The molecule has 2 amide bonds. The van der Waals surface area contributed by atoms with Crippen molar-refractivity contribution in [2.75, 3.05) is 20.2 Å². The van der Waals surface area contributed by atoms with Crippen LogP contribution in [0.2, 0.25) is 0 Å². The molecule has 0 aliphatic carbocycles. The number of methoxy groups -OCH3 is 1. The molecule has 162 valence electrons. The van der Waals surface area contributed by atoms with Gasteiger partial charge >= 0.3 is 12.1 Å². The highest BCUT2D eigenvalue weighted by Crippen LogP contribution is 2.49. The van der Waals surface area contributed by atoms with Crippen LogP contribution in [0.1, 0.15) is 46.3 Å². The van der Waals surface area contributed by atoms with Crippen LogP contribution in [0, 0.1) is 5.82 Å². The molecule has 0 spiro atoms. The molecule has 2 heterocycles. The van der Waals surface area contributed by atoms with E-state index in [0.717, 1.165) is 11.1 Å². The van der Waals surface area contributed by atoms with Crippen molar-refractivity contribution in [3.63, 3.8) is 0 Å². The first-order valence-corrected chi connectivity index (χ1v) is 10.1. The fourth-order valence-electron chi connectivity index (χ4n) is 4.54. The van der Waals surface area contributed by atoms with E-state index in [2.05, 4.69) is 0 Å². The highest BCUT2D eigenvalue weighted by atomic mass is 19.1. The van der Waals surface area contributed by atoms with Crippen LogP contribution in [-0.2, 0) is 9.53 Å². The first-order valence-electron chi connectivity index (χ1n) is 10.1. The third kappa shape index (κ3) is 3.85. The maximum Gasteiger partial charge on any atom is 0.407 e. The van der Waals surface area contributed by atoms with Gasteiger partial charge in [-0.1, -0.05) is 24.3 Å². The molecule has 0 bridgehead atoms. The average Bonchev–Trinajstić information content (AvgIpc) is 2.78. The number of nitrogens with zero attached hydrogens (tertiary/aromatic N) is 2. The number of piperidine rings is 1. The van der Waals surface area contributed by atoms with E-state index in [1.54, 1.807) is 36.4 Å². The fraction of sp³-hybridized carbons (Fsp3) is 0.348. The van der Waals surface area contributed by atoms with Crippen LogP contribution in [0.15, 0.2) is 48.5 Å². The molecule has 2 aromatic rings. The second kappa shape index (κ2) is 8.37. The standard InChI is InChI=1S/C23H23FN2O5/c1-31-22(28)16-4-2-15(3-5-16)20-19(14-6-8-17(24)9-7-14)21(27)26(20)18-10-12-25(13-11-18)23(29)30/h2-9,18-20H,10-13H2,1H3,(H,29,30)/t19-,20-/m1/s1. The maximum atomic E-state index is 13.4. The Hall–Kier alpha value is -3.42. The molecule has 1 N–H and O–H groups in total. The van der Waals surface area contributed by atoms with E-state index in [1.807, 2.05) is 4.90 Å². The smallest absolute Gasteiger partial charge is 0.407 e. The third-order valence-electron chi connectivity index (χ3n) is 6.17. The van der Waals surface area contributed by atoms with Gasteiger partial charge in [-0.15, -0.1) is 0 Å². The summed E-state index contributed by atoms with van der Waals surface area (Å²) in [5.74, 6) is -1.32. The van der Waals surface area contributed by atoms with E-state index in [-0.39, 0.29) is 23.8 Å². The molecular formula is C23H23FN2O5. The quantitative estimate of drug-likeness (QED) is 0.598. The van der Waals surface area contributed by atoms with Gasteiger partial charge in [0.05, 0.1) is 24.6 Å². The lowest BCUT2D eigenvalue weighted by atomic mass is 9.75. The van der Waals surface area contributed by atoms with Gasteiger partial charge in [0.25, 0.3) is 0 Å². The molecule has 31 heavy (non-hydrogen) atoms. The van der Waals surface area contributed by atoms with Gasteiger partial charge in [-0.3, -0.25) is 4.79 Å². The number of hydrogen-bond donors (Lipinski definition) is 1. The van der Waals surface area contributed by atoms with Crippen LogP contribution in [0.4, 0.5) is 9.18 Å². The van der Waals surface area contributed by atoms with E-state index < -0.39 is 18.0 Å². The molecule has 2 aliphatic heterocycles. The Morgan fingerprint density at radius 3 is 2.13 bits per heavy atom. The van der Waals surface area contributed by atoms with Gasteiger partial charge in [-0.05, 0) is 48.2 Å². The number of hydrogen-bond acceptors (Lipinski definition) is 4. The zero-order chi connectivity index (χ0) is 22.1. The van der Waals surface area contributed by atoms with Crippen LogP contribution in [0.3, 0.4) is 0 Å². The minimum absolute atomic E-state index is 0.0533. The van der Waals surface area contributed by atoms with Crippen LogP contribution < -0.4 is 0 Å². The van der Waals surface area contributed by atoms with Gasteiger partial charge in [-0.25, -0.2) is 14.0 Å². The summed E-state index contributed by atoms with van der Waals surface area (Å²) in [4.78, 5) is 39.4. The predicted molar refractivity (Wildman–Crippen MR) is 109 cm³/mol. The average molecular weight is 426 g/mol. The summed E-state index contributed by atoms with van der Waals surface area (Å²) in [6.07, 6.45) is 0.170. The van der Waals surface area contributed by atoms with Crippen molar-refractivity contribution in [2.24, 2.45) is 0 Å². The molecular weight excluding hydrogens is 403 g/mol. The molecule has 0 unspecified atom stereocenters. The Labute approximate surface area is 179 Å². The number of amides is 2. The Bertz CT molecular complexity index is 984. The Morgan fingerprint density at radius 1 is 1.00 bits per heavy atom. The number of carbonyl (C=O) groups is 3. The zero-order valence-corrected chi connectivity index (χ0v) is 17.0. The molecule has 7 nitrogen and oxygen atoms in total. The van der Waals surface area contributed by atoms with Crippen molar-refractivity contribution >= 4 is 18.0 Å². The number of benzene rings is 2.